The van der Waals surface area contributed by atoms with Gasteiger partial charge in [0.15, 0.2) is 5.82 Å². The molecule has 5 heteroatoms. The van der Waals surface area contributed by atoms with Crippen LogP contribution in [0.3, 0.4) is 0 Å². The van der Waals surface area contributed by atoms with Gasteiger partial charge in [0.25, 0.3) is 5.91 Å². The van der Waals surface area contributed by atoms with Crippen molar-refractivity contribution < 1.29 is 4.79 Å². The maximum absolute atomic E-state index is 11.9. The van der Waals surface area contributed by atoms with Gasteiger partial charge in [0, 0.05) is 23.7 Å². The van der Waals surface area contributed by atoms with Gasteiger partial charge < -0.3 is 5.32 Å². The van der Waals surface area contributed by atoms with Gasteiger partial charge in [-0.3, -0.25) is 14.9 Å². The summed E-state index contributed by atoms with van der Waals surface area (Å²) in [6.45, 7) is 0. The Morgan fingerprint density at radius 3 is 3.18 bits per heavy atom. The van der Waals surface area contributed by atoms with E-state index >= 15 is 0 Å². The highest BCUT2D eigenvalue weighted by molar-refractivity contribution is 6.03. The zero-order valence-electron chi connectivity index (χ0n) is 9.23. The quantitative estimate of drug-likeness (QED) is 0.819. The Hall–Kier alpha value is -2.17. The molecule has 0 spiro atoms. The zero-order chi connectivity index (χ0) is 11.7. The van der Waals surface area contributed by atoms with Crippen molar-refractivity contribution in [2.45, 2.75) is 19.3 Å². The molecular formula is C12H12N4O. The number of carbonyl (C=O) groups excluding carboxylic acids is 1. The number of aromatic amines is 1. The van der Waals surface area contributed by atoms with Crippen molar-refractivity contribution in [3.63, 3.8) is 0 Å². The number of nitrogens with one attached hydrogen (secondary N) is 2. The molecule has 0 aliphatic heterocycles. The number of anilines is 1. The Bertz CT molecular complexity index is 547. The van der Waals surface area contributed by atoms with Crippen LogP contribution in [0.1, 0.15) is 28.0 Å². The second-order valence-electron chi connectivity index (χ2n) is 4.08. The van der Waals surface area contributed by atoms with Gasteiger partial charge >= 0.3 is 0 Å². The number of fused-ring (bicyclic) bond motifs is 1. The summed E-state index contributed by atoms with van der Waals surface area (Å²) < 4.78 is 0. The second-order valence-corrected chi connectivity index (χ2v) is 4.08. The Morgan fingerprint density at radius 1 is 1.41 bits per heavy atom. The van der Waals surface area contributed by atoms with E-state index < -0.39 is 0 Å². The van der Waals surface area contributed by atoms with Crippen LogP contribution in [-0.2, 0) is 12.8 Å². The molecule has 2 aromatic heterocycles. The van der Waals surface area contributed by atoms with Crippen LogP contribution in [0.25, 0.3) is 0 Å². The fraction of sp³-hybridized carbons (Fsp3) is 0.250. The summed E-state index contributed by atoms with van der Waals surface area (Å²) in [5, 5.41) is 9.91. The lowest BCUT2D eigenvalue weighted by molar-refractivity contribution is 0.102. The van der Waals surface area contributed by atoms with Gasteiger partial charge in [-0.15, -0.1) is 0 Å². The molecule has 1 aliphatic rings. The summed E-state index contributed by atoms with van der Waals surface area (Å²) in [5.74, 6) is 0.491. The summed E-state index contributed by atoms with van der Waals surface area (Å²) in [5.41, 5.74) is 2.83. The van der Waals surface area contributed by atoms with E-state index in [0.29, 0.717) is 11.4 Å². The third-order valence-corrected chi connectivity index (χ3v) is 2.96. The van der Waals surface area contributed by atoms with Gasteiger partial charge in [-0.25, -0.2) is 0 Å². The Labute approximate surface area is 98.3 Å². The first-order chi connectivity index (χ1) is 8.34. The highest BCUT2D eigenvalue weighted by Gasteiger charge is 2.19. The number of pyridine rings is 1. The Balaban J connectivity index is 1.81. The molecule has 0 aromatic carbocycles. The lowest BCUT2D eigenvalue weighted by atomic mass is 10.2. The maximum Gasteiger partial charge on any atom is 0.258 e. The fourth-order valence-corrected chi connectivity index (χ4v) is 2.10. The minimum absolute atomic E-state index is 0.167. The molecule has 5 nitrogen and oxygen atoms in total. The molecule has 3 rings (SSSR count). The summed E-state index contributed by atoms with van der Waals surface area (Å²) in [6.07, 6.45) is 6.31. The average Bonchev–Trinajstić information content (AvgIpc) is 2.95. The maximum atomic E-state index is 11.9. The predicted octanol–water partition coefficient (Wildman–Crippen LogP) is 1.55. The third kappa shape index (κ3) is 1.80. The number of amides is 1. The molecule has 0 bridgehead atoms. The molecule has 2 aromatic rings. The van der Waals surface area contributed by atoms with Crippen LogP contribution in [-0.4, -0.2) is 21.1 Å². The topological polar surface area (TPSA) is 70.7 Å². The van der Waals surface area contributed by atoms with Crippen molar-refractivity contribution in [2.75, 3.05) is 5.32 Å². The van der Waals surface area contributed by atoms with Gasteiger partial charge in [0.1, 0.15) is 0 Å². The van der Waals surface area contributed by atoms with Crippen LogP contribution in [0.5, 0.6) is 0 Å². The molecule has 1 aliphatic carbocycles. The number of aromatic nitrogens is 3. The number of hydrogen-bond donors (Lipinski definition) is 2. The first kappa shape index (κ1) is 10.0. The molecule has 86 valence electrons. The number of carbonyl (C=O) groups is 1. The normalized spacial score (nSPS) is 13.4. The van der Waals surface area contributed by atoms with E-state index in [2.05, 4.69) is 20.5 Å². The summed E-state index contributed by atoms with van der Waals surface area (Å²) >= 11 is 0. The molecule has 1 amide bonds. The van der Waals surface area contributed by atoms with Crippen molar-refractivity contribution in [2.24, 2.45) is 0 Å². The first-order valence-corrected chi connectivity index (χ1v) is 5.62. The van der Waals surface area contributed by atoms with E-state index in [0.717, 1.165) is 30.5 Å². The van der Waals surface area contributed by atoms with Crippen molar-refractivity contribution >= 4 is 11.7 Å². The third-order valence-electron chi connectivity index (χ3n) is 2.96. The van der Waals surface area contributed by atoms with Crippen molar-refractivity contribution in [3.05, 3.63) is 41.3 Å². The first-order valence-electron chi connectivity index (χ1n) is 5.62. The van der Waals surface area contributed by atoms with Crippen LogP contribution in [0, 0.1) is 0 Å². The van der Waals surface area contributed by atoms with Crippen LogP contribution < -0.4 is 5.32 Å². The Kier molecular flexibility index (Phi) is 2.36. The van der Waals surface area contributed by atoms with Gasteiger partial charge in [0.2, 0.25) is 0 Å². The van der Waals surface area contributed by atoms with Crippen LogP contribution in [0.15, 0.2) is 24.5 Å². The SMILES string of the molecule is O=C(Nc1n[nH]c2c1CCC2)c1cccnc1. The molecule has 0 atom stereocenters. The molecule has 0 radical (unpaired) electrons. The number of nitrogens with zero attached hydrogens (tertiary/aromatic N) is 2. The predicted molar refractivity (Wildman–Crippen MR) is 62.8 cm³/mol. The fourth-order valence-electron chi connectivity index (χ4n) is 2.10. The number of rotatable bonds is 2. The molecular weight excluding hydrogens is 216 g/mol. The molecule has 0 saturated carbocycles. The molecule has 0 fully saturated rings. The minimum Gasteiger partial charge on any atom is -0.305 e. The highest BCUT2D eigenvalue weighted by Crippen LogP contribution is 2.26. The van der Waals surface area contributed by atoms with E-state index in [1.807, 2.05) is 0 Å². The van der Waals surface area contributed by atoms with Crippen molar-refractivity contribution in [1.82, 2.24) is 15.2 Å². The van der Waals surface area contributed by atoms with E-state index in [1.54, 1.807) is 24.5 Å². The Morgan fingerprint density at radius 2 is 2.35 bits per heavy atom. The largest absolute Gasteiger partial charge is 0.305 e. The standard InChI is InChI=1S/C12H12N4O/c17-12(8-3-2-6-13-7-8)14-11-9-4-1-5-10(9)15-16-11/h2-3,6-7H,1,4-5H2,(H2,14,15,16,17). The van der Waals surface area contributed by atoms with E-state index in [-0.39, 0.29) is 5.91 Å². The molecule has 2 N–H and O–H groups in total. The van der Waals surface area contributed by atoms with E-state index in [1.165, 1.54) is 0 Å². The summed E-state index contributed by atoms with van der Waals surface area (Å²) in [7, 11) is 0. The lowest BCUT2D eigenvalue weighted by Gasteiger charge is -2.02. The van der Waals surface area contributed by atoms with E-state index in [4.69, 9.17) is 0 Å². The monoisotopic (exact) mass is 228 g/mol. The van der Waals surface area contributed by atoms with Crippen molar-refractivity contribution in [3.8, 4) is 0 Å². The van der Waals surface area contributed by atoms with E-state index in [9.17, 15) is 4.79 Å². The van der Waals surface area contributed by atoms with Crippen molar-refractivity contribution in [1.29, 1.82) is 0 Å². The summed E-state index contributed by atoms with van der Waals surface area (Å²) in [4.78, 5) is 15.8. The molecule has 0 unspecified atom stereocenters. The second kappa shape index (κ2) is 4.01. The summed E-state index contributed by atoms with van der Waals surface area (Å²) in [6, 6.07) is 3.47. The minimum atomic E-state index is -0.167. The van der Waals surface area contributed by atoms with Gasteiger partial charge in [0.05, 0.1) is 5.56 Å². The highest BCUT2D eigenvalue weighted by atomic mass is 16.1. The van der Waals surface area contributed by atoms with Gasteiger partial charge in [-0.05, 0) is 31.4 Å². The van der Waals surface area contributed by atoms with Crippen LogP contribution >= 0.6 is 0 Å². The van der Waals surface area contributed by atoms with Gasteiger partial charge in [-0.2, -0.15) is 5.10 Å². The van der Waals surface area contributed by atoms with Crippen LogP contribution in [0.2, 0.25) is 0 Å². The number of hydrogen-bond acceptors (Lipinski definition) is 3. The van der Waals surface area contributed by atoms with Crippen LogP contribution in [0.4, 0.5) is 5.82 Å². The van der Waals surface area contributed by atoms with Gasteiger partial charge in [-0.1, -0.05) is 0 Å². The molecule has 0 saturated heterocycles. The zero-order valence-corrected chi connectivity index (χ0v) is 9.23. The number of aryl methyl sites for hydroxylation is 1. The lowest BCUT2D eigenvalue weighted by Crippen LogP contribution is -2.13. The molecule has 17 heavy (non-hydrogen) atoms. The number of H-pyrrole nitrogens is 1. The molecule has 2 heterocycles. The smallest absolute Gasteiger partial charge is 0.258 e. The average molecular weight is 228 g/mol.